The zero-order valence-electron chi connectivity index (χ0n) is 21.1. The Balaban J connectivity index is 1.37. The number of carbonyl (C=O) groups excluding carboxylic acids is 1. The van der Waals surface area contributed by atoms with Crippen LogP contribution in [0.5, 0.6) is 17.2 Å². The minimum Gasteiger partial charge on any atom is -0.480 e. The van der Waals surface area contributed by atoms with Crippen LogP contribution in [0, 0.1) is 13.8 Å². The standard InChI is InChI=1S/C28H29N5O4/c1-18-15-21(8-10-24(18)37-22-9-7-19(2)29-16-22)32-27-26-23(30-17-31-27)5-4-6-25(26)36-20(3)28(34)33-11-13-35-14-12-33/h4-10,15-17,20H,11-14H2,1-3H3,(H,30,31,32). The molecule has 0 spiro atoms. The number of hydrogen-bond acceptors (Lipinski definition) is 8. The number of rotatable bonds is 7. The number of nitrogens with zero attached hydrogens (tertiary/aromatic N) is 4. The lowest BCUT2D eigenvalue weighted by Crippen LogP contribution is -2.46. The fourth-order valence-electron chi connectivity index (χ4n) is 4.17. The topological polar surface area (TPSA) is 98.7 Å². The van der Waals surface area contributed by atoms with E-state index in [1.807, 2.05) is 62.4 Å². The molecule has 37 heavy (non-hydrogen) atoms. The van der Waals surface area contributed by atoms with Crippen molar-refractivity contribution < 1.29 is 19.0 Å². The summed E-state index contributed by atoms with van der Waals surface area (Å²) in [6.07, 6.45) is 2.55. The van der Waals surface area contributed by atoms with Crippen LogP contribution in [-0.4, -0.2) is 58.2 Å². The lowest BCUT2D eigenvalue weighted by Gasteiger charge is -2.29. The summed E-state index contributed by atoms with van der Waals surface area (Å²) in [7, 11) is 0. The summed E-state index contributed by atoms with van der Waals surface area (Å²) in [6.45, 7) is 7.90. The van der Waals surface area contributed by atoms with Crippen LogP contribution < -0.4 is 14.8 Å². The first-order chi connectivity index (χ1) is 18.0. The average Bonchev–Trinajstić information content (AvgIpc) is 2.91. The molecule has 1 unspecified atom stereocenters. The second-order valence-corrected chi connectivity index (χ2v) is 8.91. The van der Waals surface area contributed by atoms with Gasteiger partial charge in [0.15, 0.2) is 6.10 Å². The molecule has 2 aromatic carbocycles. The third-order valence-corrected chi connectivity index (χ3v) is 6.15. The zero-order valence-corrected chi connectivity index (χ0v) is 21.1. The van der Waals surface area contributed by atoms with Crippen molar-refractivity contribution in [2.75, 3.05) is 31.6 Å². The quantitative estimate of drug-likeness (QED) is 0.387. The van der Waals surface area contributed by atoms with Crippen molar-refractivity contribution >= 4 is 28.3 Å². The number of nitrogens with one attached hydrogen (secondary N) is 1. The van der Waals surface area contributed by atoms with Gasteiger partial charge in [-0.2, -0.15) is 0 Å². The minimum atomic E-state index is -0.660. The number of ether oxygens (including phenoxy) is 3. The van der Waals surface area contributed by atoms with Crippen LogP contribution in [0.1, 0.15) is 18.2 Å². The third-order valence-electron chi connectivity index (χ3n) is 6.15. The third kappa shape index (κ3) is 5.62. The highest BCUT2D eigenvalue weighted by Crippen LogP contribution is 2.34. The smallest absolute Gasteiger partial charge is 0.263 e. The lowest BCUT2D eigenvalue weighted by atomic mass is 10.1. The van der Waals surface area contributed by atoms with Gasteiger partial charge in [0.25, 0.3) is 5.91 Å². The molecule has 1 aliphatic heterocycles. The highest BCUT2D eigenvalue weighted by Gasteiger charge is 2.25. The largest absolute Gasteiger partial charge is 0.480 e. The molecule has 5 rings (SSSR count). The predicted octanol–water partition coefficient (Wildman–Crippen LogP) is 4.80. The van der Waals surface area contributed by atoms with E-state index in [9.17, 15) is 4.79 Å². The van der Waals surface area contributed by atoms with Crippen LogP contribution in [-0.2, 0) is 9.53 Å². The van der Waals surface area contributed by atoms with Crippen LogP contribution in [0.25, 0.3) is 10.9 Å². The summed E-state index contributed by atoms with van der Waals surface area (Å²) in [5, 5.41) is 4.09. The molecule has 1 N–H and O–H groups in total. The van der Waals surface area contributed by atoms with Crippen LogP contribution >= 0.6 is 0 Å². The van der Waals surface area contributed by atoms with Gasteiger partial charge in [0.05, 0.1) is 30.3 Å². The maximum Gasteiger partial charge on any atom is 0.263 e. The number of anilines is 2. The molecule has 1 amide bonds. The minimum absolute atomic E-state index is 0.0679. The SMILES string of the molecule is Cc1ccc(Oc2ccc(Nc3ncnc4cccc(OC(C)C(=O)N5CCOCC5)c34)cc2C)cn1. The molecule has 0 bridgehead atoms. The van der Waals surface area contributed by atoms with Crippen molar-refractivity contribution in [1.29, 1.82) is 0 Å². The van der Waals surface area contributed by atoms with Crippen molar-refractivity contribution in [3.63, 3.8) is 0 Å². The van der Waals surface area contributed by atoms with Gasteiger partial charge in [-0.15, -0.1) is 0 Å². The van der Waals surface area contributed by atoms with Crippen LogP contribution in [0.2, 0.25) is 0 Å². The molecule has 1 fully saturated rings. The number of hydrogen-bond donors (Lipinski definition) is 1. The van der Waals surface area contributed by atoms with E-state index >= 15 is 0 Å². The molecule has 0 saturated carbocycles. The molecule has 3 heterocycles. The van der Waals surface area contributed by atoms with Gasteiger partial charge >= 0.3 is 0 Å². The second kappa shape index (κ2) is 10.8. The van der Waals surface area contributed by atoms with E-state index in [1.165, 1.54) is 6.33 Å². The highest BCUT2D eigenvalue weighted by atomic mass is 16.5. The predicted molar refractivity (Wildman–Crippen MR) is 141 cm³/mol. The maximum atomic E-state index is 12.9. The van der Waals surface area contributed by atoms with Crippen molar-refractivity contribution in [2.45, 2.75) is 26.9 Å². The monoisotopic (exact) mass is 499 g/mol. The van der Waals surface area contributed by atoms with Crippen LogP contribution in [0.3, 0.4) is 0 Å². The number of carbonyl (C=O) groups is 1. The molecule has 9 heteroatoms. The van der Waals surface area contributed by atoms with Crippen LogP contribution in [0.4, 0.5) is 11.5 Å². The van der Waals surface area contributed by atoms with Crippen LogP contribution in [0.15, 0.2) is 61.1 Å². The Morgan fingerprint density at radius 2 is 1.86 bits per heavy atom. The maximum absolute atomic E-state index is 12.9. The Morgan fingerprint density at radius 1 is 1.03 bits per heavy atom. The summed E-state index contributed by atoms with van der Waals surface area (Å²) in [5.74, 6) is 2.48. The Hall–Kier alpha value is -4.24. The van der Waals surface area contributed by atoms with Gasteiger partial charge in [-0.3, -0.25) is 9.78 Å². The lowest BCUT2D eigenvalue weighted by molar-refractivity contribution is -0.142. The number of amides is 1. The molecule has 0 radical (unpaired) electrons. The van der Waals surface area contributed by atoms with Crippen molar-refractivity contribution in [3.8, 4) is 17.2 Å². The van der Waals surface area contributed by atoms with E-state index in [0.29, 0.717) is 54.5 Å². The number of benzene rings is 2. The van der Waals surface area contributed by atoms with E-state index in [1.54, 1.807) is 18.0 Å². The summed E-state index contributed by atoms with van der Waals surface area (Å²) < 4.78 is 17.5. The molecule has 0 aliphatic carbocycles. The van der Waals surface area contributed by atoms with E-state index in [-0.39, 0.29) is 5.91 Å². The van der Waals surface area contributed by atoms with Gasteiger partial charge in [0, 0.05) is 24.5 Å². The zero-order chi connectivity index (χ0) is 25.8. The Bertz CT molecular complexity index is 1400. The molecule has 1 atom stereocenters. The fraction of sp³-hybridized carbons (Fsp3) is 0.286. The Kier molecular flexibility index (Phi) is 7.14. The van der Waals surface area contributed by atoms with Gasteiger partial charge in [-0.25, -0.2) is 9.97 Å². The first-order valence-corrected chi connectivity index (χ1v) is 12.2. The number of aromatic nitrogens is 3. The number of aryl methyl sites for hydroxylation is 2. The van der Waals surface area contributed by atoms with Gasteiger partial charge in [0.2, 0.25) is 0 Å². The second-order valence-electron chi connectivity index (χ2n) is 8.91. The summed E-state index contributed by atoms with van der Waals surface area (Å²) in [4.78, 5) is 27.8. The van der Waals surface area contributed by atoms with E-state index < -0.39 is 6.10 Å². The number of fused-ring (bicyclic) bond motifs is 1. The molecule has 2 aromatic heterocycles. The summed E-state index contributed by atoms with van der Waals surface area (Å²) >= 11 is 0. The normalized spacial score (nSPS) is 14.3. The van der Waals surface area contributed by atoms with Gasteiger partial charge in [0.1, 0.15) is 29.4 Å². The molecular formula is C28H29N5O4. The molecule has 1 aliphatic rings. The molecule has 1 saturated heterocycles. The Morgan fingerprint density at radius 3 is 2.62 bits per heavy atom. The van der Waals surface area contributed by atoms with E-state index in [0.717, 1.165) is 22.7 Å². The van der Waals surface area contributed by atoms with Crippen molar-refractivity contribution in [3.05, 3.63) is 72.3 Å². The van der Waals surface area contributed by atoms with Gasteiger partial charge < -0.3 is 24.4 Å². The summed E-state index contributed by atoms with van der Waals surface area (Å²) in [5.41, 5.74) is 3.43. The molecule has 4 aromatic rings. The van der Waals surface area contributed by atoms with Crippen molar-refractivity contribution in [2.24, 2.45) is 0 Å². The van der Waals surface area contributed by atoms with Gasteiger partial charge in [-0.1, -0.05) is 6.07 Å². The average molecular weight is 500 g/mol. The Labute approximate surface area is 215 Å². The van der Waals surface area contributed by atoms with Gasteiger partial charge in [-0.05, 0) is 68.8 Å². The van der Waals surface area contributed by atoms with E-state index in [2.05, 4.69) is 20.3 Å². The first-order valence-electron chi connectivity index (χ1n) is 12.2. The highest BCUT2D eigenvalue weighted by molar-refractivity contribution is 5.96. The fourth-order valence-corrected chi connectivity index (χ4v) is 4.17. The molecule has 9 nitrogen and oxygen atoms in total. The number of pyridine rings is 1. The van der Waals surface area contributed by atoms with Crippen molar-refractivity contribution in [1.82, 2.24) is 19.9 Å². The first kappa shape index (κ1) is 24.5. The molecular weight excluding hydrogens is 470 g/mol. The molecule has 190 valence electrons. The summed E-state index contributed by atoms with van der Waals surface area (Å²) in [6, 6.07) is 15.2. The van der Waals surface area contributed by atoms with E-state index in [4.69, 9.17) is 14.2 Å². The number of morpholine rings is 1.